The van der Waals surface area contributed by atoms with Crippen LogP contribution in [0.4, 0.5) is 0 Å². The Balaban J connectivity index is 0. The van der Waals surface area contributed by atoms with Crippen LogP contribution >= 0.6 is 12.4 Å². The molecule has 1 atom stereocenters. The summed E-state index contributed by atoms with van der Waals surface area (Å²) in [7, 11) is 0. The van der Waals surface area contributed by atoms with Crippen molar-refractivity contribution in [2.45, 2.75) is 40.3 Å². The van der Waals surface area contributed by atoms with E-state index in [1.54, 1.807) is 6.92 Å². The van der Waals surface area contributed by atoms with Crippen molar-refractivity contribution < 1.29 is 4.79 Å². The van der Waals surface area contributed by atoms with E-state index in [4.69, 9.17) is 0 Å². The van der Waals surface area contributed by atoms with Crippen molar-refractivity contribution in [2.75, 3.05) is 13.1 Å². The van der Waals surface area contributed by atoms with Crippen molar-refractivity contribution in [1.29, 1.82) is 0 Å². The highest BCUT2D eigenvalue weighted by molar-refractivity contribution is 5.92. The van der Waals surface area contributed by atoms with Gasteiger partial charge in [0.25, 0.3) is 0 Å². The molecule has 4 heteroatoms. The van der Waals surface area contributed by atoms with Crippen molar-refractivity contribution in [3.8, 4) is 0 Å². The van der Waals surface area contributed by atoms with Crippen LogP contribution in [-0.4, -0.2) is 30.1 Å². The first-order valence-electron chi connectivity index (χ1n) is 5.27. The van der Waals surface area contributed by atoms with E-state index in [9.17, 15) is 4.79 Å². The molecule has 1 N–H and O–H groups in total. The third-order valence-corrected chi connectivity index (χ3v) is 2.33. The standard InChI is InChI=1S/C11H22N2O.ClH/c1-6-10(13(7-2)8-3)12-11(14)9(4)5;/h10H,4,6-8H2,1-3,5H3,(H,12,14);1H. The molecule has 0 aliphatic rings. The lowest BCUT2D eigenvalue weighted by Gasteiger charge is -2.29. The maximum Gasteiger partial charge on any atom is 0.247 e. The van der Waals surface area contributed by atoms with E-state index in [1.807, 2.05) is 0 Å². The van der Waals surface area contributed by atoms with E-state index in [1.165, 1.54) is 0 Å². The lowest BCUT2D eigenvalue weighted by molar-refractivity contribution is -0.119. The van der Waals surface area contributed by atoms with Gasteiger partial charge in [0.2, 0.25) is 5.91 Å². The fourth-order valence-electron chi connectivity index (χ4n) is 1.39. The van der Waals surface area contributed by atoms with Gasteiger partial charge in [-0.25, -0.2) is 0 Å². The normalized spacial score (nSPS) is 11.8. The molecule has 0 saturated carbocycles. The molecule has 0 rings (SSSR count). The highest BCUT2D eigenvalue weighted by atomic mass is 35.5. The van der Waals surface area contributed by atoms with Gasteiger partial charge in [-0.2, -0.15) is 0 Å². The summed E-state index contributed by atoms with van der Waals surface area (Å²) in [5.74, 6) is -0.0521. The van der Waals surface area contributed by atoms with E-state index < -0.39 is 0 Å². The fourth-order valence-corrected chi connectivity index (χ4v) is 1.39. The molecule has 3 nitrogen and oxygen atoms in total. The average Bonchev–Trinajstić information content (AvgIpc) is 2.17. The zero-order chi connectivity index (χ0) is 11.1. The molecule has 15 heavy (non-hydrogen) atoms. The third kappa shape index (κ3) is 5.80. The summed E-state index contributed by atoms with van der Waals surface area (Å²) in [6, 6.07) is 0. The third-order valence-electron chi connectivity index (χ3n) is 2.33. The van der Waals surface area contributed by atoms with Gasteiger partial charge in [0.05, 0.1) is 6.17 Å². The van der Waals surface area contributed by atoms with Crippen molar-refractivity contribution in [3.05, 3.63) is 12.2 Å². The molecule has 0 heterocycles. The van der Waals surface area contributed by atoms with Crippen LogP contribution in [0.5, 0.6) is 0 Å². The van der Waals surface area contributed by atoms with Gasteiger partial charge >= 0.3 is 0 Å². The van der Waals surface area contributed by atoms with E-state index >= 15 is 0 Å². The van der Waals surface area contributed by atoms with Crippen molar-refractivity contribution >= 4 is 18.3 Å². The number of hydrogen-bond acceptors (Lipinski definition) is 2. The summed E-state index contributed by atoms with van der Waals surface area (Å²) < 4.78 is 0. The number of hydrogen-bond donors (Lipinski definition) is 1. The van der Waals surface area contributed by atoms with Crippen LogP contribution in [0, 0.1) is 0 Å². The van der Waals surface area contributed by atoms with Crippen molar-refractivity contribution in [2.24, 2.45) is 0 Å². The molecule has 1 unspecified atom stereocenters. The minimum atomic E-state index is -0.0521. The summed E-state index contributed by atoms with van der Waals surface area (Å²) >= 11 is 0. The van der Waals surface area contributed by atoms with Crippen LogP contribution in [0.15, 0.2) is 12.2 Å². The van der Waals surface area contributed by atoms with E-state index in [0.717, 1.165) is 19.5 Å². The molecule has 0 aliphatic heterocycles. The molecular weight excluding hydrogens is 212 g/mol. The summed E-state index contributed by atoms with van der Waals surface area (Å²) in [4.78, 5) is 13.6. The van der Waals surface area contributed by atoms with E-state index in [-0.39, 0.29) is 24.5 Å². The van der Waals surface area contributed by atoms with Gasteiger partial charge in [0.1, 0.15) is 0 Å². The zero-order valence-corrected chi connectivity index (χ0v) is 11.0. The molecule has 0 aromatic carbocycles. The Morgan fingerprint density at radius 1 is 1.33 bits per heavy atom. The summed E-state index contributed by atoms with van der Waals surface area (Å²) in [5, 5.41) is 2.96. The van der Waals surface area contributed by atoms with Crippen LogP contribution in [0.25, 0.3) is 0 Å². The molecule has 0 bridgehead atoms. The fraction of sp³-hybridized carbons (Fsp3) is 0.727. The van der Waals surface area contributed by atoms with Gasteiger partial charge < -0.3 is 5.32 Å². The van der Waals surface area contributed by atoms with E-state index in [2.05, 4.69) is 37.6 Å². The number of rotatable bonds is 6. The maximum atomic E-state index is 11.4. The largest absolute Gasteiger partial charge is 0.337 e. The number of nitrogens with zero attached hydrogens (tertiary/aromatic N) is 1. The monoisotopic (exact) mass is 234 g/mol. The Morgan fingerprint density at radius 2 is 1.80 bits per heavy atom. The molecular formula is C11H23ClN2O. The van der Waals surface area contributed by atoms with Crippen LogP contribution in [0.1, 0.15) is 34.1 Å². The number of amides is 1. The van der Waals surface area contributed by atoms with Gasteiger partial charge in [0, 0.05) is 5.57 Å². The predicted molar refractivity (Wildman–Crippen MR) is 67.2 cm³/mol. The molecule has 90 valence electrons. The molecule has 0 aliphatic carbocycles. The van der Waals surface area contributed by atoms with Crippen LogP contribution in [0.3, 0.4) is 0 Å². The van der Waals surface area contributed by atoms with Crippen molar-refractivity contribution in [3.63, 3.8) is 0 Å². The lowest BCUT2D eigenvalue weighted by Crippen LogP contribution is -2.47. The first-order chi connectivity index (χ1) is 6.56. The molecule has 1 amide bonds. The SMILES string of the molecule is C=C(C)C(=O)NC(CC)N(CC)CC.Cl. The molecule has 0 aromatic rings. The van der Waals surface area contributed by atoms with Crippen molar-refractivity contribution in [1.82, 2.24) is 10.2 Å². The lowest BCUT2D eigenvalue weighted by atomic mass is 10.2. The Bertz CT molecular complexity index is 203. The summed E-state index contributed by atoms with van der Waals surface area (Å²) in [5.41, 5.74) is 0.565. The summed E-state index contributed by atoms with van der Waals surface area (Å²) in [6.07, 6.45) is 1.05. The number of carbonyl (C=O) groups is 1. The maximum absolute atomic E-state index is 11.4. The van der Waals surface area contributed by atoms with Gasteiger partial charge in [-0.05, 0) is 26.4 Å². The van der Waals surface area contributed by atoms with Crippen LogP contribution < -0.4 is 5.32 Å². The number of halogens is 1. The Hall–Kier alpha value is -0.540. The minimum absolute atomic E-state index is 0. The highest BCUT2D eigenvalue weighted by Crippen LogP contribution is 2.01. The quantitative estimate of drug-likeness (QED) is 0.565. The second-order valence-electron chi connectivity index (χ2n) is 3.40. The summed E-state index contributed by atoms with van der Waals surface area (Å²) in [6.45, 7) is 13.5. The molecule has 0 spiro atoms. The van der Waals surface area contributed by atoms with Gasteiger partial charge in [0.15, 0.2) is 0 Å². The number of carbonyl (C=O) groups excluding carboxylic acids is 1. The van der Waals surface area contributed by atoms with Gasteiger partial charge in [-0.1, -0.05) is 27.4 Å². The van der Waals surface area contributed by atoms with Gasteiger partial charge in [-0.3, -0.25) is 9.69 Å². The highest BCUT2D eigenvalue weighted by Gasteiger charge is 2.15. The topological polar surface area (TPSA) is 32.3 Å². The average molecular weight is 235 g/mol. The molecule has 0 aromatic heterocycles. The predicted octanol–water partition coefficient (Wildman–Crippen LogP) is 2.18. The second kappa shape index (κ2) is 8.74. The number of nitrogens with one attached hydrogen (secondary N) is 1. The van der Waals surface area contributed by atoms with E-state index in [0.29, 0.717) is 5.57 Å². The molecule has 0 radical (unpaired) electrons. The Kier molecular flexibility index (Phi) is 9.84. The zero-order valence-electron chi connectivity index (χ0n) is 10.2. The minimum Gasteiger partial charge on any atom is -0.337 e. The second-order valence-corrected chi connectivity index (χ2v) is 3.40. The molecule has 0 fully saturated rings. The van der Waals surface area contributed by atoms with Crippen LogP contribution in [0.2, 0.25) is 0 Å². The van der Waals surface area contributed by atoms with Gasteiger partial charge in [-0.15, -0.1) is 12.4 Å². The smallest absolute Gasteiger partial charge is 0.247 e. The molecule has 0 saturated heterocycles. The van der Waals surface area contributed by atoms with Crippen LogP contribution in [-0.2, 0) is 4.79 Å². The Morgan fingerprint density at radius 3 is 2.07 bits per heavy atom. The Labute approximate surface area is 99.3 Å². The first-order valence-corrected chi connectivity index (χ1v) is 5.27. The first kappa shape index (κ1) is 16.9.